The highest BCUT2D eigenvalue weighted by Gasteiger charge is 2.10. The third-order valence-electron chi connectivity index (χ3n) is 2.78. The van der Waals surface area contributed by atoms with Crippen molar-refractivity contribution in [2.75, 3.05) is 6.61 Å². The summed E-state index contributed by atoms with van der Waals surface area (Å²) in [6.45, 7) is -0.269. The van der Waals surface area contributed by atoms with Crippen LogP contribution in [0.15, 0.2) is 52.0 Å². The monoisotopic (exact) mass is 411 g/mol. The van der Waals surface area contributed by atoms with Gasteiger partial charge in [-0.1, -0.05) is 23.7 Å². The van der Waals surface area contributed by atoms with E-state index in [9.17, 15) is 14.9 Å². The van der Waals surface area contributed by atoms with Gasteiger partial charge in [0.25, 0.3) is 11.6 Å². The van der Waals surface area contributed by atoms with Crippen LogP contribution < -0.4 is 10.2 Å². The highest BCUT2D eigenvalue weighted by molar-refractivity contribution is 9.10. The minimum Gasteiger partial charge on any atom is -0.483 e. The molecule has 124 valence electrons. The molecule has 24 heavy (non-hydrogen) atoms. The van der Waals surface area contributed by atoms with Crippen molar-refractivity contribution in [2.24, 2.45) is 5.10 Å². The normalized spacial score (nSPS) is 10.6. The summed E-state index contributed by atoms with van der Waals surface area (Å²) in [5, 5.41) is 15.1. The second kappa shape index (κ2) is 8.42. The van der Waals surface area contributed by atoms with E-state index >= 15 is 0 Å². The number of ether oxygens (including phenoxy) is 1. The molecular weight excluding hydrogens is 402 g/mol. The number of nitro benzene ring substituents is 1. The van der Waals surface area contributed by atoms with Crippen molar-refractivity contribution in [1.82, 2.24) is 5.43 Å². The molecule has 0 fully saturated rings. The van der Waals surface area contributed by atoms with Crippen LogP contribution in [0.25, 0.3) is 0 Å². The molecule has 0 aliphatic heterocycles. The van der Waals surface area contributed by atoms with Gasteiger partial charge in [-0.3, -0.25) is 14.9 Å². The summed E-state index contributed by atoms with van der Waals surface area (Å²) in [5.41, 5.74) is 2.42. The number of amides is 1. The van der Waals surface area contributed by atoms with Crippen molar-refractivity contribution in [1.29, 1.82) is 0 Å². The maximum Gasteiger partial charge on any atom is 0.278 e. The molecule has 0 aliphatic rings. The Kier molecular flexibility index (Phi) is 6.28. The molecule has 0 aliphatic carbocycles. The lowest BCUT2D eigenvalue weighted by atomic mass is 10.2. The van der Waals surface area contributed by atoms with E-state index in [1.165, 1.54) is 18.3 Å². The second-order valence-corrected chi connectivity index (χ2v) is 5.76. The molecule has 0 saturated heterocycles. The summed E-state index contributed by atoms with van der Waals surface area (Å²) in [6, 6.07) is 11.0. The minimum absolute atomic E-state index is 0.100. The predicted octanol–water partition coefficient (Wildman–Crippen LogP) is 3.54. The Morgan fingerprint density at radius 3 is 2.83 bits per heavy atom. The van der Waals surface area contributed by atoms with E-state index < -0.39 is 10.8 Å². The topological polar surface area (TPSA) is 93.8 Å². The number of carbonyl (C=O) groups excluding carboxylic acids is 1. The van der Waals surface area contributed by atoms with Gasteiger partial charge < -0.3 is 4.74 Å². The van der Waals surface area contributed by atoms with Crippen molar-refractivity contribution in [3.63, 3.8) is 0 Å². The van der Waals surface area contributed by atoms with Gasteiger partial charge in [-0.05, 0) is 40.2 Å². The first-order chi connectivity index (χ1) is 11.5. The van der Waals surface area contributed by atoms with Crippen molar-refractivity contribution in [2.45, 2.75) is 0 Å². The zero-order valence-corrected chi connectivity index (χ0v) is 14.5. The molecule has 0 heterocycles. The summed E-state index contributed by atoms with van der Waals surface area (Å²) in [7, 11) is 0. The third kappa shape index (κ3) is 5.04. The number of benzene rings is 2. The quantitative estimate of drug-likeness (QED) is 0.446. The molecule has 1 N–H and O–H groups in total. The maximum absolute atomic E-state index is 11.7. The van der Waals surface area contributed by atoms with Gasteiger partial charge in [-0.25, -0.2) is 5.43 Å². The Balaban J connectivity index is 1.90. The zero-order valence-electron chi connectivity index (χ0n) is 12.1. The number of hydrogen-bond acceptors (Lipinski definition) is 5. The van der Waals surface area contributed by atoms with E-state index in [-0.39, 0.29) is 17.9 Å². The SMILES string of the molecule is O=C(COc1ccc(Cl)cc1Br)NN=Cc1ccccc1[N+](=O)[O-]. The number of nitro groups is 1. The second-order valence-electron chi connectivity index (χ2n) is 4.47. The zero-order chi connectivity index (χ0) is 17.5. The van der Waals surface area contributed by atoms with Gasteiger partial charge in [0.05, 0.1) is 21.2 Å². The van der Waals surface area contributed by atoms with Gasteiger partial charge in [-0.2, -0.15) is 5.10 Å². The molecular formula is C15H11BrClN3O4. The number of carbonyl (C=O) groups is 1. The standard InChI is InChI=1S/C15H11BrClN3O4/c16-12-7-11(17)5-6-14(12)24-9-15(21)19-18-8-10-3-1-2-4-13(10)20(22)23/h1-8H,9H2,(H,19,21). The van der Waals surface area contributed by atoms with E-state index in [0.29, 0.717) is 15.2 Å². The molecule has 2 rings (SSSR count). The summed E-state index contributed by atoms with van der Waals surface area (Å²) in [6.07, 6.45) is 1.20. The van der Waals surface area contributed by atoms with E-state index in [1.807, 2.05) is 0 Å². The number of nitrogens with one attached hydrogen (secondary N) is 1. The van der Waals surface area contributed by atoms with Gasteiger partial charge >= 0.3 is 0 Å². The Labute approximate surface area is 150 Å². The Hall–Kier alpha value is -2.45. The van der Waals surface area contributed by atoms with E-state index in [2.05, 4.69) is 26.5 Å². The molecule has 2 aromatic rings. The van der Waals surface area contributed by atoms with Crippen LogP contribution in [0.2, 0.25) is 5.02 Å². The van der Waals surface area contributed by atoms with Crippen LogP contribution in [0.3, 0.4) is 0 Å². The molecule has 0 atom stereocenters. The first kappa shape index (κ1) is 17.9. The van der Waals surface area contributed by atoms with Gasteiger partial charge in [0.2, 0.25) is 0 Å². The number of hydrazone groups is 1. The van der Waals surface area contributed by atoms with Crippen LogP contribution >= 0.6 is 27.5 Å². The predicted molar refractivity (Wildman–Crippen MR) is 93.5 cm³/mol. The smallest absolute Gasteiger partial charge is 0.278 e. The van der Waals surface area contributed by atoms with Crippen LogP contribution in [-0.2, 0) is 4.79 Å². The average Bonchev–Trinajstić information content (AvgIpc) is 2.54. The van der Waals surface area contributed by atoms with E-state index in [0.717, 1.165) is 0 Å². The summed E-state index contributed by atoms with van der Waals surface area (Å²) in [5.74, 6) is -0.0519. The molecule has 1 amide bonds. The number of rotatable bonds is 6. The van der Waals surface area contributed by atoms with Gasteiger partial charge in [0, 0.05) is 11.1 Å². The molecule has 9 heteroatoms. The van der Waals surface area contributed by atoms with Gasteiger partial charge in [0.1, 0.15) is 5.75 Å². The van der Waals surface area contributed by atoms with Gasteiger partial charge in [0.15, 0.2) is 6.61 Å². The fraction of sp³-hybridized carbons (Fsp3) is 0.0667. The van der Waals surface area contributed by atoms with Crippen molar-refractivity contribution < 1.29 is 14.5 Å². The summed E-state index contributed by atoms with van der Waals surface area (Å²) < 4.78 is 5.94. The van der Waals surface area contributed by atoms with Crippen LogP contribution in [0.5, 0.6) is 5.75 Å². The van der Waals surface area contributed by atoms with Crippen LogP contribution in [0.1, 0.15) is 5.56 Å². The van der Waals surface area contributed by atoms with Crippen molar-refractivity contribution in [3.8, 4) is 5.75 Å². The molecule has 0 aromatic heterocycles. The first-order valence-electron chi connectivity index (χ1n) is 6.60. The maximum atomic E-state index is 11.7. The van der Waals surface area contributed by atoms with Crippen LogP contribution in [0.4, 0.5) is 5.69 Å². The number of nitrogens with zero attached hydrogens (tertiary/aromatic N) is 2. The average molecular weight is 413 g/mol. The molecule has 2 aromatic carbocycles. The number of hydrogen-bond donors (Lipinski definition) is 1. The lowest BCUT2D eigenvalue weighted by Crippen LogP contribution is -2.24. The Bertz CT molecular complexity index is 798. The summed E-state index contributed by atoms with van der Waals surface area (Å²) >= 11 is 9.08. The van der Waals surface area contributed by atoms with Crippen LogP contribution in [0, 0.1) is 10.1 Å². The molecule has 0 radical (unpaired) electrons. The number of halogens is 2. The largest absolute Gasteiger partial charge is 0.483 e. The molecule has 0 bridgehead atoms. The Morgan fingerprint density at radius 1 is 1.38 bits per heavy atom. The Morgan fingerprint density at radius 2 is 2.12 bits per heavy atom. The van der Waals surface area contributed by atoms with Gasteiger partial charge in [-0.15, -0.1) is 0 Å². The van der Waals surface area contributed by atoms with E-state index in [4.69, 9.17) is 16.3 Å². The highest BCUT2D eigenvalue weighted by Crippen LogP contribution is 2.27. The van der Waals surface area contributed by atoms with Crippen LogP contribution in [-0.4, -0.2) is 23.7 Å². The highest BCUT2D eigenvalue weighted by atomic mass is 79.9. The number of para-hydroxylation sites is 1. The molecule has 0 unspecified atom stereocenters. The fourth-order valence-corrected chi connectivity index (χ4v) is 2.50. The molecule has 0 spiro atoms. The van der Waals surface area contributed by atoms with Crippen molar-refractivity contribution in [3.05, 3.63) is 67.6 Å². The minimum atomic E-state index is -0.523. The summed E-state index contributed by atoms with van der Waals surface area (Å²) in [4.78, 5) is 22.0. The molecule has 7 nitrogen and oxygen atoms in total. The lowest BCUT2D eigenvalue weighted by molar-refractivity contribution is -0.385. The molecule has 0 saturated carbocycles. The fourth-order valence-electron chi connectivity index (χ4n) is 1.70. The van der Waals surface area contributed by atoms with E-state index in [1.54, 1.807) is 30.3 Å². The van der Waals surface area contributed by atoms with Crippen molar-refractivity contribution >= 4 is 45.3 Å². The lowest BCUT2D eigenvalue weighted by Gasteiger charge is -2.07. The third-order valence-corrected chi connectivity index (χ3v) is 3.63. The first-order valence-corrected chi connectivity index (χ1v) is 7.77.